The molecule has 0 bridgehead atoms. The van der Waals surface area contributed by atoms with Crippen LogP contribution in [-0.4, -0.2) is 36.1 Å². The van der Waals surface area contributed by atoms with Gasteiger partial charge in [0, 0.05) is 24.7 Å². The Balaban J connectivity index is 2.03. The van der Waals surface area contributed by atoms with Gasteiger partial charge in [0.2, 0.25) is 0 Å². The molecular formula is C15H21N3. The summed E-state index contributed by atoms with van der Waals surface area (Å²) in [5.74, 6) is 0.986. The van der Waals surface area contributed by atoms with E-state index in [-0.39, 0.29) is 0 Å². The number of fused-ring (bicyclic) bond motifs is 1. The molecule has 96 valence electrons. The van der Waals surface area contributed by atoms with Crippen LogP contribution in [0.25, 0.3) is 10.8 Å². The molecule has 0 amide bonds. The first-order valence-corrected chi connectivity index (χ1v) is 6.65. The van der Waals surface area contributed by atoms with Crippen LogP contribution in [-0.2, 0) is 0 Å². The molecule has 0 radical (unpaired) electrons. The Kier molecular flexibility index (Phi) is 4.53. The lowest BCUT2D eigenvalue weighted by atomic mass is 10.1. The third-order valence-electron chi connectivity index (χ3n) is 3.29. The van der Waals surface area contributed by atoms with Crippen LogP contribution in [0.15, 0.2) is 36.5 Å². The average Bonchev–Trinajstić information content (AvgIpc) is 2.44. The summed E-state index contributed by atoms with van der Waals surface area (Å²) < 4.78 is 0. The topological polar surface area (TPSA) is 28.2 Å². The predicted octanol–water partition coefficient (Wildman–Crippen LogP) is 2.99. The van der Waals surface area contributed by atoms with Gasteiger partial charge in [0.1, 0.15) is 5.82 Å². The van der Waals surface area contributed by atoms with Crippen LogP contribution < -0.4 is 5.32 Å². The smallest absolute Gasteiger partial charge is 0.133 e. The third-order valence-corrected chi connectivity index (χ3v) is 3.29. The molecule has 0 aliphatic carbocycles. The molecule has 3 heteroatoms. The molecule has 3 nitrogen and oxygen atoms in total. The predicted molar refractivity (Wildman–Crippen MR) is 78.0 cm³/mol. The summed E-state index contributed by atoms with van der Waals surface area (Å²) in [7, 11) is 0. The van der Waals surface area contributed by atoms with Crippen LogP contribution in [0, 0.1) is 0 Å². The normalized spacial score (nSPS) is 11.1. The minimum Gasteiger partial charge on any atom is -0.368 e. The van der Waals surface area contributed by atoms with Crippen molar-refractivity contribution in [2.75, 3.05) is 31.5 Å². The molecule has 1 aromatic carbocycles. The van der Waals surface area contributed by atoms with E-state index in [0.717, 1.165) is 32.0 Å². The van der Waals surface area contributed by atoms with Gasteiger partial charge in [-0.15, -0.1) is 0 Å². The maximum Gasteiger partial charge on any atom is 0.133 e. The second-order valence-corrected chi connectivity index (χ2v) is 4.33. The monoisotopic (exact) mass is 243 g/mol. The number of nitrogens with one attached hydrogen (secondary N) is 1. The summed E-state index contributed by atoms with van der Waals surface area (Å²) in [5.41, 5.74) is 0. The van der Waals surface area contributed by atoms with Crippen molar-refractivity contribution in [3.63, 3.8) is 0 Å². The Bertz CT molecular complexity index is 487. The number of hydrogen-bond donors (Lipinski definition) is 1. The second kappa shape index (κ2) is 6.36. The third kappa shape index (κ3) is 2.99. The summed E-state index contributed by atoms with van der Waals surface area (Å²) in [4.78, 5) is 6.83. The highest BCUT2D eigenvalue weighted by atomic mass is 15.1. The first kappa shape index (κ1) is 12.8. The van der Waals surface area contributed by atoms with E-state index in [2.05, 4.69) is 53.3 Å². The van der Waals surface area contributed by atoms with Gasteiger partial charge in [-0.25, -0.2) is 4.98 Å². The molecule has 18 heavy (non-hydrogen) atoms. The van der Waals surface area contributed by atoms with E-state index in [1.807, 2.05) is 12.3 Å². The first-order valence-electron chi connectivity index (χ1n) is 6.65. The van der Waals surface area contributed by atoms with Crippen molar-refractivity contribution >= 4 is 16.6 Å². The Morgan fingerprint density at radius 1 is 1.11 bits per heavy atom. The highest BCUT2D eigenvalue weighted by molar-refractivity contribution is 5.91. The fourth-order valence-electron chi connectivity index (χ4n) is 2.13. The van der Waals surface area contributed by atoms with E-state index in [0.29, 0.717) is 0 Å². The number of rotatable bonds is 6. The van der Waals surface area contributed by atoms with E-state index < -0.39 is 0 Å². The molecule has 0 aliphatic heterocycles. The number of aromatic nitrogens is 1. The number of nitrogens with zero attached hydrogens (tertiary/aromatic N) is 2. The fourth-order valence-corrected chi connectivity index (χ4v) is 2.13. The highest BCUT2D eigenvalue weighted by Crippen LogP contribution is 2.19. The van der Waals surface area contributed by atoms with Gasteiger partial charge in [-0.3, -0.25) is 0 Å². The van der Waals surface area contributed by atoms with Gasteiger partial charge in [0.05, 0.1) is 0 Å². The van der Waals surface area contributed by atoms with Crippen molar-refractivity contribution in [3.8, 4) is 0 Å². The van der Waals surface area contributed by atoms with Crippen LogP contribution in [0.4, 0.5) is 5.82 Å². The molecule has 0 fully saturated rings. The zero-order chi connectivity index (χ0) is 12.8. The van der Waals surface area contributed by atoms with E-state index in [4.69, 9.17) is 0 Å². The summed E-state index contributed by atoms with van der Waals surface area (Å²) in [6, 6.07) is 10.4. The lowest BCUT2D eigenvalue weighted by molar-refractivity contribution is 0.316. The van der Waals surface area contributed by atoms with Gasteiger partial charge in [0.25, 0.3) is 0 Å². The number of likely N-dealkylation sites (N-methyl/N-ethyl adjacent to an activating group) is 1. The lowest BCUT2D eigenvalue weighted by Gasteiger charge is -2.18. The van der Waals surface area contributed by atoms with Crippen molar-refractivity contribution in [1.82, 2.24) is 9.88 Å². The minimum atomic E-state index is 0.933. The molecule has 2 aromatic rings. The van der Waals surface area contributed by atoms with Crippen molar-refractivity contribution in [3.05, 3.63) is 36.5 Å². The van der Waals surface area contributed by atoms with Gasteiger partial charge in [0.15, 0.2) is 0 Å². The van der Waals surface area contributed by atoms with Gasteiger partial charge in [-0.1, -0.05) is 38.1 Å². The summed E-state index contributed by atoms with van der Waals surface area (Å²) in [6.45, 7) is 8.57. The van der Waals surface area contributed by atoms with Crippen molar-refractivity contribution in [1.29, 1.82) is 0 Å². The number of hydrogen-bond acceptors (Lipinski definition) is 3. The largest absolute Gasteiger partial charge is 0.368 e. The summed E-state index contributed by atoms with van der Waals surface area (Å²) in [5, 5.41) is 5.86. The zero-order valence-corrected chi connectivity index (χ0v) is 11.2. The fraction of sp³-hybridized carbons (Fsp3) is 0.400. The van der Waals surface area contributed by atoms with Gasteiger partial charge in [-0.2, -0.15) is 0 Å². The molecule has 0 saturated heterocycles. The maximum atomic E-state index is 4.43. The summed E-state index contributed by atoms with van der Waals surface area (Å²) in [6.07, 6.45) is 1.86. The van der Waals surface area contributed by atoms with Gasteiger partial charge in [-0.05, 0) is 24.5 Å². The molecule has 0 spiro atoms. The van der Waals surface area contributed by atoms with Crippen LogP contribution in [0.1, 0.15) is 13.8 Å². The first-order chi connectivity index (χ1) is 8.85. The van der Waals surface area contributed by atoms with Crippen molar-refractivity contribution in [2.24, 2.45) is 0 Å². The van der Waals surface area contributed by atoms with E-state index in [1.165, 1.54) is 10.8 Å². The number of benzene rings is 1. The SMILES string of the molecule is CCN(CC)CCNc1nccc2ccccc12. The second-order valence-electron chi connectivity index (χ2n) is 4.33. The Labute approximate surface area is 109 Å². The standard InChI is InChI=1S/C15H21N3/c1-3-18(4-2)12-11-17-15-14-8-6-5-7-13(14)9-10-16-15/h5-10H,3-4,11-12H2,1-2H3,(H,16,17). The minimum absolute atomic E-state index is 0.933. The maximum absolute atomic E-state index is 4.43. The van der Waals surface area contributed by atoms with Crippen LogP contribution in [0.5, 0.6) is 0 Å². The number of pyridine rings is 1. The zero-order valence-electron chi connectivity index (χ0n) is 11.2. The van der Waals surface area contributed by atoms with E-state index in [1.54, 1.807) is 0 Å². The molecule has 0 unspecified atom stereocenters. The van der Waals surface area contributed by atoms with E-state index in [9.17, 15) is 0 Å². The van der Waals surface area contributed by atoms with Gasteiger partial charge < -0.3 is 10.2 Å². The van der Waals surface area contributed by atoms with Crippen molar-refractivity contribution in [2.45, 2.75) is 13.8 Å². The Hall–Kier alpha value is -1.61. The molecule has 1 heterocycles. The highest BCUT2D eigenvalue weighted by Gasteiger charge is 2.02. The lowest BCUT2D eigenvalue weighted by Crippen LogP contribution is -2.28. The van der Waals surface area contributed by atoms with Gasteiger partial charge >= 0.3 is 0 Å². The van der Waals surface area contributed by atoms with Crippen molar-refractivity contribution < 1.29 is 0 Å². The molecule has 0 atom stereocenters. The molecule has 0 aliphatic rings. The molecular weight excluding hydrogens is 222 g/mol. The Morgan fingerprint density at radius 3 is 2.67 bits per heavy atom. The van der Waals surface area contributed by atoms with Crippen LogP contribution in [0.3, 0.4) is 0 Å². The number of anilines is 1. The Morgan fingerprint density at radius 2 is 1.89 bits per heavy atom. The van der Waals surface area contributed by atoms with Crippen LogP contribution in [0.2, 0.25) is 0 Å². The average molecular weight is 243 g/mol. The summed E-state index contributed by atoms with van der Waals surface area (Å²) >= 11 is 0. The molecule has 0 saturated carbocycles. The molecule has 1 aromatic heterocycles. The molecule has 1 N–H and O–H groups in total. The van der Waals surface area contributed by atoms with E-state index >= 15 is 0 Å². The van der Waals surface area contributed by atoms with Crippen LogP contribution >= 0.6 is 0 Å². The quantitative estimate of drug-likeness (QED) is 0.845. The molecule has 2 rings (SSSR count).